The topological polar surface area (TPSA) is 93.1 Å². The fourth-order valence-corrected chi connectivity index (χ4v) is 2.94. The largest absolute Gasteiger partial charge is 0.504 e. The summed E-state index contributed by atoms with van der Waals surface area (Å²) in [5, 5.41) is 19.8. The maximum absolute atomic E-state index is 11.7. The van der Waals surface area contributed by atoms with Gasteiger partial charge in [0.2, 0.25) is 0 Å². The predicted molar refractivity (Wildman–Crippen MR) is 129 cm³/mol. The molecule has 0 unspecified atom stereocenters. The minimum absolute atomic E-state index is 0.0475. The molecule has 0 bridgehead atoms. The van der Waals surface area contributed by atoms with Crippen LogP contribution >= 0.6 is 23.2 Å². The summed E-state index contributed by atoms with van der Waals surface area (Å²) < 4.78 is 10.1. The smallest absolute Gasteiger partial charge is 0.343 e. The van der Waals surface area contributed by atoms with Crippen LogP contribution in [0.5, 0.6) is 23.0 Å². The molecule has 0 heterocycles. The lowest BCUT2D eigenvalue weighted by molar-refractivity contribution is 0.0720. The summed E-state index contributed by atoms with van der Waals surface area (Å²) in [5.41, 5.74) is 0.828. The third kappa shape index (κ3) is 7.00. The van der Waals surface area contributed by atoms with E-state index in [2.05, 4.69) is 0 Å². The van der Waals surface area contributed by atoms with Gasteiger partial charge in [-0.2, -0.15) is 0 Å². The molecule has 4 aromatic rings. The Morgan fingerprint density at radius 3 is 1.56 bits per heavy atom. The number of aromatic hydroxyl groups is 2. The molecule has 0 amide bonds. The van der Waals surface area contributed by atoms with Crippen LogP contribution in [0.4, 0.5) is 0 Å². The molecule has 0 aromatic heterocycles. The molecule has 0 atom stereocenters. The summed E-state index contributed by atoms with van der Waals surface area (Å²) in [6.45, 7) is 0. The molecular formula is C26H18Cl2O6. The monoisotopic (exact) mass is 496 g/mol. The van der Waals surface area contributed by atoms with E-state index in [0.29, 0.717) is 21.2 Å². The van der Waals surface area contributed by atoms with Crippen molar-refractivity contribution in [3.63, 3.8) is 0 Å². The number of phenols is 2. The first-order chi connectivity index (χ1) is 16.3. The van der Waals surface area contributed by atoms with E-state index < -0.39 is 11.9 Å². The van der Waals surface area contributed by atoms with Crippen LogP contribution in [0.2, 0.25) is 10.0 Å². The average Bonchev–Trinajstić information content (AvgIpc) is 2.84. The molecule has 172 valence electrons. The first-order valence-electron chi connectivity index (χ1n) is 9.85. The Morgan fingerprint density at radius 2 is 1.03 bits per heavy atom. The summed E-state index contributed by atoms with van der Waals surface area (Å²) in [4.78, 5) is 23.4. The van der Waals surface area contributed by atoms with Crippen molar-refractivity contribution >= 4 is 35.1 Å². The van der Waals surface area contributed by atoms with E-state index in [1.54, 1.807) is 60.7 Å². The molecule has 0 fully saturated rings. The van der Waals surface area contributed by atoms with Crippen molar-refractivity contribution < 1.29 is 29.3 Å². The lowest BCUT2D eigenvalue weighted by Crippen LogP contribution is -2.08. The Hall–Kier alpha value is -4.00. The summed E-state index contributed by atoms with van der Waals surface area (Å²) >= 11 is 11.4. The van der Waals surface area contributed by atoms with Gasteiger partial charge in [0.15, 0.2) is 23.0 Å². The van der Waals surface area contributed by atoms with Gasteiger partial charge in [-0.25, -0.2) is 9.59 Å². The van der Waals surface area contributed by atoms with E-state index in [9.17, 15) is 19.8 Å². The molecule has 0 aliphatic rings. The number of carbonyl (C=O) groups is 2. The predicted octanol–water partition coefficient (Wildman–Crippen LogP) is 6.53. The molecule has 4 aromatic carbocycles. The number of hydrogen-bond donors (Lipinski definition) is 2. The normalized spacial score (nSPS) is 9.94. The Labute approximate surface area is 205 Å². The summed E-state index contributed by atoms with van der Waals surface area (Å²) in [6.07, 6.45) is 0. The second-order valence-electron chi connectivity index (χ2n) is 6.74. The van der Waals surface area contributed by atoms with Crippen LogP contribution in [0.1, 0.15) is 20.7 Å². The van der Waals surface area contributed by atoms with Crippen LogP contribution in [-0.4, -0.2) is 22.2 Å². The van der Waals surface area contributed by atoms with E-state index in [1.165, 1.54) is 36.4 Å². The van der Waals surface area contributed by atoms with Gasteiger partial charge in [-0.05, 0) is 48.5 Å². The van der Waals surface area contributed by atoms with Crippen LogP contribution in [0.25, 0.3) is 0 Å². The maximum atomic E-state index is 11.7. The first kappa shape index (κ1) is 24.6. The zero-order valence-electron chi connectivity index (χ0n) is 17.5. The van der Waals surface area contributed by atoms with Crippen LogP contribution in [0, 0.1) is 0 Å². The lowest BCUT2D eigenvalue weighted by atomic mass is 10.2. The Kier molecular flexibility index (Phi) is 8.51. The van der Waals surface area contributed by atoms with Crippen molar-refractivity contribution in [2.45, 2.75) is 0 Å². The standard InChI is InChI=1S/2C13H9ClO3/c14-10-6-7-12(11(15)8-10)17-13(16)9-4-2-1-3-5-9;14-10-6-7-11(15)12(8-10)17-13(16)9-4-2-1-3-5-9/h2*1-8,15H. The van der Waals surface area contributed by atoms with Crippen molar-refractivity contribution in [2.24, 2.45) is 0 Å². The van der Waals surface area contributed by atoms with Gasteiger partial charge in [-0.1, -0.05) is 59.6 Å². The van der Waals surface area contributed by atoms with Crippen molar-refractivity contribution in [1.82, 2.24) is 0 Å². The van der Waals surface area contributed by atoms with Crippen LogP contribution in [0.3, 0.4) is 0 Å². The molecule has 0 spiro atoms. The lowest BCUT2D eigenvalue weighted by Gasteiger charge is -2.06. The van der Waals surface area contributed by atoms with Crippen molar-refractivity contribution in [3.05, 3.63) is 118 Å². The Bertz CT molecular complexity index is 1280. The Balaban J connectivity index is 0.000000191. The quantitative estimate of drug-likeness (QED) is 0.246. The number of ether oxygens (including phenoxy) is 2. The summed E-state index contributed by atoms with van der Waals surface area (Å²) in [5.74, 6) is -1.22. The highest BCUT2D eigenvalue weighted by Gasteiger charge is 2.12. The van der Waals surface area contributed by atoms with Crippen molar-refractivity contribution in [3.8, 4) is 23.0 Å². The van der Waals surface area contributed by atoms with E-state index in [0.717, 1.165) is 0 Å². The van der Waals surface area contributed by atoms with Gasteiger partial charge >= 0.3 is 11.9 Å². The van der Waals surface area contributed by atoms with Crippen LogP contribution in [0.15, 0.2) is 97.1 Å². The number of halogens is 2. The molecule has 2 N–H and O–H groups in total. The number of esters is 2. The van der Waals surface area contributed by atoms with Gasteiger partial charge in [0.1, 0.15) is 0 Å². The highest BCUT2D eigenvalue weighted by Crippen LogP contribution is 2.30. The Morgan fingerprint density at radius 1 is 0.559 bits per heavy atom. The molecule has 0 aliphatic heterocycles. The van der Waals surface area contributed by atoms with Gasteiger partial charge in [0.25, 0.3) is 0 Å². The third-order valence-electron chi connectivity index (χ3n) is 4.27. The van der Waals surface area contributed by atoms with Gasteiger partial charge in [-0.15, -0.1) is 0 Å². The van der Waals surface area contributed by atoms with E-state index in [4.69, 9.17) is 32.7 Å². The van der Waals surface area contributed by atoms with Crippen molar-refractivity contribution in [2.75, 3.05) is 0 Å². The van der Waals surface area contributed by atoms with E-state index >= 15 is 0 Å². The van der Waals surface area contributed by atoms with E-state index in [1.807, 2.05) is 0 Å². The zero-order chi connectivity index (χ0) is 24.5. The molecule has 0 saturated heterocycles. The summed E-state index contributed by atoms with van der Waals surface area (Å²) in [6, 6.07) is 25.6. The molecule has 8 heteroatoms. The fourth-order valence-electron chi connectivity index (χ4n) is 2.61. The number of hydrogen-bond acceptors (Lipinski definition) is 6. The number of rotatable bonds is 4. The molecule has 4 rings (SSSR count). The molecule has 0 saturated carbocycles. The highest BCUT2D eigenvalue weighted by atomic mass is 35.5. The van der Waals surface area contributed by atoms with Gasteiger partial charge in [0, 0.05) is 22.2 Å². The van der Waals surface area contributed by atoms with Crippen LogP contribution < -0.4 is 9.47 Å². The number of benzene rings is 4. The molecule has 34 heavy (non-hydrogen) atoms. The molecular weight excluding hydrogens is 479 g/mol. The second-order valence-corrected chi connectivity index (χ2v) is 7.61. The zero-order valence-corrected chi connectivity index (χ0v) is 19.0. The van der Waals surface area contributed by atoms with Crippen LogP contribution in [-0.2, 0) is 0 Å². The van der Waals surface area contributed by atoms with Crippen molar-refractivity contribution in [1.29, 1.82) is 0 Å². The highest BCUT2D eigenvalue weighted by molar-refractivity contribution is 6.31. The third-order valence-corrected chi connectivity index (χ3v) is 4.74. The molecule has 0 aliphatic carbocycles. The molecule has 0 radical (unpaired) electrons. The number of carbonyl (C=O) groups excluding carboxylic acids is 2. The van der Waals surface area contributed by atoms with E-state index in [-0.39, 0.29) is 23.0 Å². The van der Waals surface area contributed by atoms with Gasteiger partial charge < -0.3 is 19.7 Å². The maximum Gasteiger partial charge on any atom is 0.343 e. The minimum atomic E-state index is -0.539. The average molecular weight is 497 g/mol. The molecule has 6 nitrogen and oxygen atoms in total. The summed E-state index contributed by atoms with van der Waals surface area (Å²) in [7, 11) is 0. The minimum Gasteiger partial charge on any atom is -0.504 e. The first-order valence-corrected chi connectivity index (χ1v) is 10.6. The fraction of sp³-hybridized carbons (Fsp3) is 0. The van der Waals surface area contributed by atoms with Gasteiger partial charge in [0.05, 0.1) is 11.1 Å². The SMILES string of the molecule is O=C(Oc1cc(Cl)ccc1O)c1ccccc1.O=C(Oc1ccc(Cl)cc1O)c1ccccc1. The van der Waals surface area contributed by atoms with Gasteiger partial charge in [-0.3, -0.25) is 0 Å². The number of phenolic OH excluding ortho intramolecular Hbond substituents is 2. The second kappa shape index (κ2) is 11.7.